The highest BCUT2D eigenvalue weighted by Gasteiger charge is 1.95. The molecule has 0 spiro atoms. The molecule has 0 atom stereocenters. The first-order valence-electron chi connectivity index (χ1n) is 5.05. The Morgan fingerprint density at radius 2 is 1.19 bits per heavy atom. The fourth-order valence-electron chi connectivity index (χ4n) is 1.32. The lowest BCUT2D eigenvalue weighted by Crippen LogP contribution is -1.91. The first-order valence-corrected chi connectivity index (χ1v) is 8.09. The number of rotatable bonds is 8. The molecule has 0 amide bonds. The fourth-order valence-corrected chi connectivity index (χ4v) is 2.80. The molecule has 0 nitrogen and oxygen atoms in total. The molecule has 0 aromatic heterocycles. The van der Waals surface area contributed by atoms with Crippen LogP contribution in [0.3, 0.4) is 0 Å². The lowest BCUT2D eigenvalue weighted by atomic mass is 10.1. The summed E-state index contributed by atoms with van der Waals surface area (Å²) >= 11 is 12.9. The van der Waals surface area contributed by atoms with Crippen LogP contribution >= 0.6 is 48.0 Å². The Morgan fingerprint density at radius 1 is 0.812 bits per heavy atom. The molecular formula is C12H14S4. The first kappa shape index (κ1) is 14.2. The van der Waals surface area contributed by atoms with E-state index < -0.39 is 0 Å². The van der Waals surface area contributed by atoms with E-state index >= 15 is 0 Å². The van der Waals surface area contributed by atoms with Gasteiger partial charge < -0.3 is 0 Å². The zero-order valence-electron chi connectivity index (χ0n) is 8.93. The summed E-state index contributed by atoms with van der Waals surface area (Å²) in [6.45, 7) is 0. The minimum absolute atomic E-state index is 1.07. The predicted octanol–water partition coefficient (Wildman–Crippen LogP) is 4.15. The van der Waals surface area contributed by atoms with Gasteiger partial charge in [-0.2, -0.15) is 0 Å². The van der Waals surface area contributed by atoms with Gasteiger partial charge in [0.2, 0.25) is 0 Å². The van der Waals surface area contributed by atoms with Crippen LogP contribution in [0.2, 0.25) is 0 Å². The molecule has 0 unspecified atom stereocenters. The highest BCUT2D eigenvalue weighted by molar-refractivity contribution is 8.21. The van der Waals surface area contributed by atoms with Gasteiger partial charge in [0.1, 0.15) is 0 Å². The van der Waals surface area contributed by atoms with Gasteiger partial charge in [0.05, 0.1) is 0 Å². The van der Waals surface area contributed by atoms with Gasteiger partial charge in [0.15, 0.2) is 0 Å². The van der Waals surface area contributed by atoms with Crippen molar-refractivity contribution in [3.63, 3.8) is 0 Å². The standard InChI is InChI=1S/C12H14S4/c13-9-15-7-5-11-1-2-12(4-3-11)6-8-16-10-14/h1-4,9-10H,5-8H2. The number of aryl methyl sites for hydroxylation is 2. The van der Waals surface area contributed by atoms with Gasteiger partial charge in [-0.15, -0.1) is 23.5 Å². The third-order valence-corrected chi connectivity index (χ3v) is 4.14. The summed E-state index contributed by atoms with van der Waals surface area (Å²) in [4.78, 5) is 0. The zero-order chi connectivity index (χ0) is 11.6. The summed E-state index contributed by atoms with van der Waals surface area (Å²) in [5.41, 5.74) is 2.77. The Labute approximate surface area is 117 Å². The summed E-state index contributed by atoms with van der Waals surface area (Å²) in [6, 6.07) is 8.84. The van der Waals surface area contributed by atoms with E-state index in [9.17, 15) is 0 Å². The highest BCUT2D eigenvalue weighted by Crippen LogP contribution is 2.10. The van der Waals surface area contributed by atoms with Crippen LogP contribution in [0.1, 0.15) is 11.1 Å². The molecule has 0 N–H and O–H groups in total. The lowest BCUT2D eigenvalue weighted by molar-refractivity contribution is 1.12. The van der Waals surface area contributed by atoms with Crippen molar-refractivity contribution in [2.24, 2.45) is 0 Å². The van der Waals surface area contributed by atoms with Crippen molar-refractivity contribution in [1.29, 1.82) is 0 Å². The lowest BCUT2D eigenvalue weighted by Gasteiger charge is -2.02. The third-order valence-electron chi connectivity index (χ3n) is 2.18. The van der Waals surface area contributed by atoms with Crippen molar-refractivity contribution < 1.29 is 0 Å². The second kappa shape index (κ2) is 9.16. The van der Waals surface area contributed by atoms with E-state index in [-0.39, 0.29) is 0 Å². The van der Waals surface area contributed by atoms with E-state index in [1.54, 1.807) is 32.9 Å². The van der Waals surface area contributed by atoms with Crippen LogP contribution in [0.25, 0.3) is 0 Å². The van der Waals surface area contributed by atoms with Crippen molar-refractivity contribution in [3.8, 4) is 0 Å². The molecular weight excluding hydrogens is 272 g/mol. The molecule has 1 aromatic rings. The van der Waals surface area contributed by atoms with Gasteiger partial charge in [0.25, 0.3) is 0 Å². The van der Waals surface area contributed by atoms with Gasteiger partial charge >= 0.3 is 0 Å². The van der Waals surface area contributed by atoms with E-state index in [1.165, 1.54) is 11.1 Å². The average Bonchev–Trinajstić information content (AvgIpc) is 2.32. The summed E-state index contributed by atoms with van der Waals surface area (Å²) in [5, 5.41) is 0. The summed E-state index contributed by atoms with van der Waals surface area (Å²) in [5.74, 6) is 2.15. The van der Waals surface area contributed by atoms with Gasteiger partial charge in [-0.3, -0.25) is 0 Å². The molecule has 0 radical (unpaired) electrons. The SMILES string of the molecule is S=CSCCc1ccc(CCSC=S)cc1. The van der Waals surface area contributed by atoms with Crippen LogP contribution < -0.4 is 0 Å². The van der Waals surface area contributed by atoms with Crippen LogP contribution in [-0.4, -0.2) is 20.9 Å². The molecule has 4 heteroatoms. The van der Waals surface area contributed by atoms with Crippen LogP contribution in [-0.2, 0) is 12.8 Å². The molecule has 0 saturated heterocycles. The summed E-state index contributed by atoms with van der Waals surface area (Å²) in [6.07, 6.45) is 2.18. The average molecular weight is 287 g/mol. The maximum atomic E-state index is 4.77. The van der Waals surface area contributed by atoms with Gasteiger partial charge in [-0.05, 0) is 24.0 Å². The van der Waals surface area contributed by atoms with Gasteiger partial charge in [-0.1, -0.05) is 48.7 Å². The van der Waals surface area contributed by atoms with Crippen molar-refractivity contribution in [2.75, 3.05) is 11.5 Å². The van der Waals surface area contributed by atoms with E-state index in [0.29, 0.717) is 0 Å². The maximum Gasteiger partial charge on any atom is 0.0341 e. The van der Waals surface area contributed by atoms with Crippen LogP contribution in [0.4, 0.5) is 0 Å². The van der Waals surface area contributed by atoms with Crippen molar-refractivity contribution in [1.82, 2.24) is 0 Å². The minimum atomic E-state index is 1.07. The van der Waals surface area contributed by atoms with Gasteiger partial charge in [-0.25, -0.2) is 0 Å². The molecule has 0 bridgehead atoms. The molecule has 0 heterocycles. The molecule has 0 aliphatic rings. The third kappa shape index (κ3) is 5.99. The quantitative estimate of drug-likeness (QED) is 0.520. The number of thioether (sulfide) groups is 2. The topological polar surface area (TPSA) is 0 Å². The molecule has 0 aliphatic heterocycles. The Morgan fingerprint density at radius 3 is 1.50 bits per heavy atom. The molecule has 16 heavy (non-hydrogen) atoms. The zero-order valence-corrected chi connectivity index (χ0v) is 12.2. The Balaban J connectivity index is 2.35. The van der Waals surface area contributed by atoms with E-state index in [1.807, 2.05) is 0 Å². The second-order valence-corrected chi connectivity index (χ2v) is 6.27. The Hall–Kier alpha value is 0.1000. The monoisotopic (exact) mass is 286 g/mol. The molecule has 1 rings (SSSR count). The largest absolute Gasteiger partial charge is 0.122 e. The van der Waals surface area contributed by atoms with Crippen LogP contribution in [0.15, 0.2) is 24.3 Å². The number of hydrogen-bond donors (Lipinski definition) is 0. The molecule has 86 valence electrons. The summed E-state index contributed by atoms with van der Waals surface area (Å²) in [7, 11) is 0. The van der Waals surface area contributed by atoms with E-state index in [4.69, 9.17) is 24.4 Å². The number of thiocarbonyl (C=S) groups is 2. The predicted molar refractivity (Wildman–Crippen MR) is 86.1 cm³/mol. The molecule has 0 fully saturated rings. The maximum absolute atomic E-state index is 4.77. The van der Waals surface area contributed by atoms with Crippen molar-refractivity contribution >= 4 is 57.4 Å². The summed E-state index contributed by atoms with van der Waals surface area (Å²) < 4.78 is 3.47. The number of hydrogen-bond acceptors (Lipinski definition) is 4. The smallest absolute Gasteiger partial charge is 0.0341 e. The second-order valence-electron chi connectivity index (χ2n) is 3.25. The molecule has 0 aliphatic carbocycles. The van der Waals surface area contributed by atoms with Crippen molar-refractivity contribution in [3.05, 3.63) is 35.4 Å². The van der Waals surface area contributed by atoms with Crippen LogP contribution in [0, 0.1) is 0 Å². The highest BCUT2D eigenvalue weighted by atomic mass is 32.2. The van der Waals surface area contributed by atoms with E-state index in [2.05, 4.69) is 24.3 Å². The Kier molecular flexibility index (Phi) is 8.11. The molecule has 0 saturated carbocycles. The fraction of sp³-hybridized carbons (Fsp3) is 0.333. The van der Waals surface area contributed by atoms with Crippen molar-refractivity contribution in [2.45, 2.75) is 12.8 Å². The molecule has 1 aromatic carbocycles. The minimum Gasteiger partial charge on any atom is -0.122 e. The van der Waals surface area contributed by atoms with E-state index in [0.717, 1.165) is 24.3 Å². The number of benzene rings is 1. The normalized spacial score (nSPS) is 10.0. The van der Waals surface area contributed by atoms with Crippen LogP contribution in [0.5, 0.6) is 0 Å². The first-order chi connectivity index (χ1) is 7.86. The Bertz CT molecular complexity index is 285. The van der Waals surface area contributed by atoms with Gasteiger partial charge in [0, 0.05) is 20.9 Å².